The Bertz CT molecular complexity index is 856. The summed E-state index contributed by atoms with van der Waals surface area (Å²) in [5.41, 5.74) is 3.48. The number of anilines is 1. The van der Waals surface area contributed by atoms with E-state index in [4.69, 9.17) is 0 Å². The van der Waals surface area contributed by atoms with Crippen molar-refractivity contribution in [2.24, 2.45) is 0 Å². The van der Waals surface area contributed by atoms with E-state index in [1.54, 1.807) is 6.20 Å². The monoisotopic (exact) mass is 353 g/mol. The van der Waals surface area contributed by atoms with Gasteiger partial charge in [-0.15, -0.1) is 0 Å². The second kappa shape index (κ2) is 6.78. The number of nitrogens with zero attached hydrogens (tertiary/aromatic N) is 2. The topological polar surface area (TPSA) is 82.5 Å². The van der Waals surface area contributed by atoms with Crippen molar-refractivity contribution in [3.8, 4) is 11.1 Å². The number of benzene rings is 1. The van der Waals surface area contributed by atoms with Gasteiger partial charge in [-0.1, -0.05) is 18.2 Å². The van der Waals surface area contributed by atoms with Crippen molar-refractivity contribution in [3.05, 3.63) is 47.7 Å². The number of carbonyl (C=O) groups is 2. The van der Waals surface area contributed by atoms with Crippen molar-refractivity contribution in [1.82, 2.24) is 9.88 Å². The summed E-state index contributed by atoms with van der Waals surface area (Å²) in [6.07, 6.45) is 1.84. The van der Waals surface area contributed by atoms with Crippen molar-refractivity contribution in [2.45, 2.75) is 45.7 Å². The van der Waals surface area contributed by atoms with Gasteiger partial charge in [0.05, 0.1) is 0 Å². The number of hydrogen-bond acceptors (Lipinski definition) is 3. The van der Waals surface area contributed by atoms with Crippen LogP contribution in [-0.2, 0) is 17.8 Å². The lowest BCUT2D eigenvalue weighted by molar-refractivity contribution is -0.116. The molecule has 2 heterocycles. The molecule has 0 aliphatic carbocycles. The molecule has 6 heteroatoms. The molecule has 1 aliphatic heterocycles. The van der Waals surface area contributed by atoms with Gasteiger partial charge in [-0.3, -0.25) is 9.69 Å². The largest absolute Gasteiger partial charge is 0.465 e. The molecule has 0 unspecified atom stereocenters. The average molecular weight is 353 g/mol. The van der Waals surface area contributed by atoms with Gasteiger partial charge in [0.25, 0.3) is 0 Å². The molecule has 2 aromatic rings. The van der Waals surface area contributed by atoms with Crippen LogP contribution < -0.4 is 5.32 Å². The third-order valence-electron chi connectivity index (χ3n) is 4.54. The molecule has 1 aliphatic rings. The lowest BCUT2D eigenvalue weighted by Gasteiger charge is -2.33. The first-order valence-corrected chi connectivity index (χ1v) is 8.63. The molecule has 0 bridgehead atoms. The number of carboxylic acid groups (broad SMARTS) is 1. The van der Waals surface area contributed by atoms with Crippen LogP contribution in [0.1, 0.15) is 38.3 Å². The fourth-order valence-corrected chi connectivity index (χ4v) is 3.17. The number of hydrogen-bond donors (Lipinski definition) is 2. The minimum absolute atomic E-state index is 0.0156. The first-order valence-electron chi connectivity index (χ1n) is 8.63. The predicted molar refractivity (Wildman–Crippen MR) is 99.9 cm³/mol. The third kappa shape index (κ3) is 3.69. The van der Waals surface area contributed by atoms with Crippen LogP contribution in [0, 0.1) is 0 Å². The summed E-state index contributed by atoms with van der Waals surface area (Å²) >= 11 is 0. The predicted octanol–water partition coefficient (Wildman–Crippen LogP) is 3.91. The van der Waals surface area contributed by atoms with Gasteiger partial charge in [-0.2, -0.15) is 0 Å². The fraction of sp³-hybridized carbons (Fsp3) is 0.350. The van der Waals surface area contributed by atoms with E-state index in [9.17, 15) is 14.7 Å². The van der Waals surface area contributed by atoms with Crippen LogP contribution in [0.25, 0.3) is 11.1 Å². The van der Waals surface area contributed by atoms with Gasteiger partial charge in [0.1, 0.15) is 5.82 Å². The van der Waals surface area contributed by atoms with Gasteiger partial charge in [-0.05, 0) is 56.0 Å². The van der Waals surface area contributed by atoms with Crippen LogP contribution in [0.5, 0.6) is 0 Å². The van der Waals surface area contributed by atoms with E-state index in [0.29, 0.717) is 25.2 Å². The minimum Gasteiger partial charge on any atom is -0.465 e. The maximum atomic E-state index is 11.6. The SMILES string of the molecule is CC(C)(C)N(Cc1cccc(-c2ccnc3c2CCC(=O)N3)c1)C(=O)O. The van der Waals surface area contributed by atoms with Crippen LogP contribution in [0.3, 0.4) is 0 Å². The molecule has 6 nitrogen and oxygen atoms in total. The van der Waals surface area contributed by atoms with Crippen molar-refractivity contribution < 1.29 is 14.7 Å². The smallest absolute Gasteiger partial charge is 0.408 e. The molecule has 0 fully saturated rings. The standard InChI is InChI=1S/C20H23N3O3/c1-20(2,3)23(19(25)26)12-13-5-4-6-14(11-13)15-9-10-21-18-16(15)7-8-17(24)22-18/h4-6,9-11H,7-8,12H2,1-3H3,(H,25,26)(H,21,22,24). The second-order valence-electron chi connectivity index (χ2n) is 7.47. The van der Waals surface area contributed by atoms with Crippen LogP contribution in [0.2, 0.25) is 0 Å². The van der Waals surface area contributed by atoms with Gasteiger partial charge in [0.15, 0.2) is 0 Å². The van der Waals surface area contributed by atoms with E-state index in [0.717, 1.165) is 22.3 Å². The number of aromatic nitrogens is 1. The molecule has 136 valence electrons. The third-order valence-corrected chi connectivity index (χ3v) is 4.54. The Morgan fingerprint density at radius 1 is 1.27 bits per heavy atom. The summed E-state index contributed by atoms with van der Waals surface area (Å²) in [4.78, 5) is 28.9. The zero-order valence-corrected chi connectivity index (χ0v) is 15.2. The Hall–Kier alpha value is -2.89. The molecule has 1 aromatic carbocycles. The quantitative estimate of drug-likeness (QED) is 0.876. The highest BCUT2D eigenvalue weighted by Crippen LogP contribution is 2.32. The van der Waals surface area contributed by atoms with E-state index in [-0.39, 0.29) is 5.91 Å². The molecule has 0 spiro atoms. The number of carbonyl (C=O) groups excluding carboxylic acids is 1. The summed E-state index contributed by atoms with van der Waals surface area (Å²) in [7, 11) is 0. The normalized spacial score (nSPS) is 13.7. The average Bonchev–Trinajstić information content (AvgIpc) is 2.58. The summed E-state index contributed by atoms with van der Waals surface area (Å²) in [5, 5.41) is 12.3. The van der Waals surface area contributed by atoms with Gasteiger partial charge < -0.3 is 10.4 Å². The lowest BCUT2D eigenvalue weighted by atomic mass is 9.94. The summed E-state index contributed by atoms with van der Waals surface area (Å²) in [6.45, 7) is 5.96. The fourth-order valence-electron chi connectivity index (χ4n) is 3.17. The number of amides is 2. The maximum absolute atomic E-state index is 11.6. The summed E-state index contributed by atoms with van der Waals surface area (Å²) in [5.74, 6) is 0.601. The van der Waals surface area contributed by atoms with E-state index in [1.807, 2.05) is 51.1 Å². The highest BCUT2D eigenvalue weighted by atomic mass is 16.4. The zero-order valence-electron chi connectivity index (χ0n) is 15.2. The zero-order chi connectivity index (χ0) is 18.9. The van der Waals surface area contributed by atoms with Gasteiger partial charge >= 0.3 is 6.09 Å². The molecular formula is C20H23N3O3. The molecule has 0 saturated heterocycles. The van der Waals surface area contributed by atoms with Gasteiger partial charge in [0.2, 0.25) is 5.91 Å². The number of fused-ring (bicyclic) bond motifs is 1. The molecule has 3 rings (SSSR count). The molecule has 0 atom stereocenters. The molecule has 2 N–H and O–H groups in total. The molecule has 0 saturated carbocycles. The molecule has 1 aromatic heterocycles. The van der Waals surface area contributed by atoms with Crippen LogP contribution in [0.15, 0.2) is 36.5 Å². The Kier molecular flexibility index (Phi) is 4.68. The van der Waals surface area contributed by atoms with E-state index in [2.05, 4.69) is 10.3 Å². The molecule has 26 heavy (non-hydrogen) atoms. The first-order chi connectivity index (χ1) is 12.3. The van der Waals surface area contributed by atoms with Crippen LogP contribution in [-0.4, -0.2) is 32.5 Å². The van der Waals surface area contributed by atoms with Crippen LogP contribution in [0.4, 0.5) is 10.6 Å². The van der Waals surface area contributed by atoms with E-state index in [1.165, 1.54) is 4.90 Å². The van der Waals surface area contributed by atoms with E-state index < -0.39 is 11.6 Å². The Morgan fingerprint density at radius 2 is 2.04 bits per heavy atom. The first kappa shape index (κ1) is 17.9. The number of rotatable bonds is 3. The van der Waals surface area contributed by atoms with E-state index >= 15 is 0 Å². The highest BCUT2D eigenvalue weighted by molar-refractivity contribution is 5.94. The van der Waals surface area contributed by atoms with Crippen molar-refractivity contribution >= 4 is 17.8 Å². The van der Waals surface area contributed by atoms with Gasteiger partial charge in [0, 0.05) is 30.3 Å². The molecule has 0 radical (unpaired) electrons. The Balaban J connectivity index is 1.95. The number of pyridine rings is 1. The Morgan fingerprint density at radius 3 is 2.73 bits per heavy atom. The highest BCUT2D eigenvalue weighted by Gasteiger charge is 2.26. The Labute approximate surface area is 152 Å². The minimum atomic E-state index is -0.938. The van der Waals surface area contributed by atoms with Crippen molar-refractivity contribution in [1.29, 1.82) is 0 Å². The summed E-state index contributed by atoms with van der Waals surface area (Å²) < 4.78 is 0. The van der Waals surface area contributed by atoms with Crippen LogP contribution >= 0.6 is 0 Å². The van der Waals surface area contributed by atoms with Crippen molar-refractivity contribution in [2.75, 3.05) is 5.32 Å². The number of nitrogens with one attached hydrogen (secondary N) is 1. The molecular weight excluding hydrogens is 330 g/mol. The van der Waals surface area contributed by atoms with Gasteiger partial charge in [-0.25, -0.2) is 9.78 Å². The van der Waals surface area contributed by atoms with Crippen molar-refractivity contribution in [3.63, 3.8) is 0 Å². The molecule has 2 amide bonds. The second-order valence-corrected chi connectivity index (χ2v) is 7.47. The lowest BCUT2D eigenvalue weighted by Crippen LogP contribution is -2.44. The summed E-state index contributed by atoms with van der Waals surface area (Å²) in [6, 6.07) is 9.81. The maximum Gasteiger partial charge on any atom is 0.408 e.